The summed E-state index contributed by atoms with van der Waals surface area (Å²) in [6.07, 6.45) is 3.82. The Morgan fingerprint density at radius 3 is 2.85 bits per heavy atom. The van der Waals surface area contributed by atoms with E-state index in [1.807, 2.05) is 17.0 Å². The average Bonchev–Trinajstić information content (AvgIpc) is 3.06. The summed E-state index contributed by atoms with van der Waals surface area (Å²) in [7, 11) is 0. The van der Waals surface area contributed by atoms with Crippen molar-refractivity contribution in [2.45, 2.75) is 39.7 Å². The number of nitrogens with zero attached hydrogens (tertiary/aromatic N) is 4. The molecular formula is C14H19N5S. The minimum absolute atomic E-state index is 0.144. The van der Waals surface area contributed by atoms with E-state index >= 15 is 0 Å². The van der Waals surface area contributed by atoms with Gasteiger partial charge in [0.1, 0.15) is 0 Å². The van der Waals surface area contributed by atoms with E-state index in [9.17, 15) is 0 Å². The van der Waals surface area contributed by atoms with Gasteiger partial charge in [0, 0.05) is 29.7 Å². The molecule has 0 aliphatic carbocycles. The van der Waals surface area contributed by atoms with E-state index < -0.39 is 0 Å². The summed E-state index contributed by atoms with van der Waals surface area (Å²) in [6, 6.07) is 2.21. The van der Waals surface area contributed by atoms with Gasteiger partial charge in [0.05, 0.1) is 11.4 Å². The molecule has 3 heterocycles. The molecule has 0 aromatic carbocycles. The van der Waals surface area contributed by atoms with E-state index in [-0.39, 0.29) is 6.04 Å². The second kappa shape index (κ2) is 5.03. The lowest BCUT2D eigenvalue weighted by atomic mass is 10.1. The van der Waals surface area contributed by atoms with E-state index in [4.69, 9.17) is 10.7 Å². The predicted molar refractivity (Wildman–Crippen MR) is 81.6 cm³/mol. The Hall–Kier alpha value is -1.66. The zero-order chi connectivity index (χ0) is 14.3. The summed E-state index contributed by atoms with van der Waals surface area (Å²) in [6.45, 7) is 6.16. The Morgan fingerprint density at radius 2 is 2.20 bits per heavy atom. The number of imidazole rings is 1. The summed E-state index contributed by atoms with van der Waals surface area (Å²) in [4.78, 5) is 5.72. The van der Waals surface area contributed by atoms with Crippen LogP contribution in [0.15, 0.2) is 17.6 Å². The maximum atomic E-state index is 6.15. The molecule has 3 aromatic rings. The Morgan fingerprint density at radius 1 is 1.40 bits per heavy atom. The minimum atomic E-state index is 0.144. The fourth-order valence-electron chi connectivity index (χ4n) is 2.42. The molecule has 106 valence electrons. The highest BCUT2D eigenvalue weighted by molar-refractivity contribution is 7.15. The summed E-state index contributed by atoms with van der Waals surface area (Å²) < 4.78 is 4.05. The van der Waals surface area contributed by atoms with Gasteiger partial charge in [-0.05, 0) is 26.3 Å². The van der Waals surface area contributed by atoms with Crippen molar-refractivity contribution >= 4 is 16.3 Å². The van der Waals surface area contributed by atoms with Gasteiger partial charge in [-0.2, -0.15) is 10.1 Å². The predicted octanol–water partition coefficient (Wildman–Crippen LogP) is 2.48. The number of hydrogen-bond acceptors (Lipinski definition) is 4. The smallest absolute Gasteiger partial charge is 0.195 e. The van der Waals surface area contributed by atoms with Gasteiger partial charge in [-0.15, -0.1) is 11.3 Å². The number of nitrogens with two attached hydrogens (primary N) is 1. The largest absolute Gasteiger partial charge is 0.327 e. The molecule has 2 N–H and O–H groups in total. The van der Waals surface area contributed by atoms with Crippen LogP contribution >= 0.6 is 11.3 Å². The molecule has 5 nitrogen and oxygen atoms in total. The lowest BCUT2D eigenvalue weighted by Crippen LogP contribution is -2.23. The Labute approximate surface area is 122 Å². The van der Waals surface area contributed by atoms with Crippen LogP contribution in [0.4, 0.5) is 0 Å². The number of aromatic nitrogens is 4. The van der Waals surface area contributed by atoms with Crippen LogP contribution in [0.25, 0.3) is 10.8 Å². The van der Waals surface area contributed by atoms with Crippen molar-refractivity contribution in [1.29, 1.82) is 0 Å². The van der Waals surface area contributed by atoms with Crippen molar-refractivity contribution in [3.63, 3.8) is 0 Å². The van der Waals surface area contributed by atoms with Gasteiger partial charge < -0.3 is 5.73 Å². The summed E-state index contributed by atoms with van der Waals surface area (Å²) in [5.74, 6) is 0.909. The Balaban J connectivity index is 2.16. The van der Waals surface area contributed by atoms with Crippen LogP contribution in [0.1, 0.15) is 30.4 Å². The van der Waals surface area contributed by atoms with Crippen molar-refractivity contribution in [3.05, 3.63) is 34.7 Å². The second-order valence-corrected chi connectivity index (χ2v) is 6.02. The zero-order valence-electron chi connectivity index (χ0n) is 12.0. The van der Waals surface area contributed by atoms with Crippen LogP contribution < -0.4 is 5.73 Å². The maximum absolute atomic E-state index is 6.15. The highest BCUT2D eigenvalue weighted by Crippen LogP contribution is 2.23. The van der Waals surface area contributed by atoms with E-state index in [0.717, 1.165) is 40.7 Å². The van der Waals surface area contributed by atoms with Crippen molar-refractivity contribution in [1.82, 2.24) is 19.2 Å². The van der Waals surface area contributed by atoms with E-state index in [2.05, 4.69) is 35.6 Å². The van der Waals surface area contributed by atoms with Crippen LogP contribution in [-0.4, -0.2) is 25.2 Å². The van der Waals surface area contributed by atoms with Crippen LogP contribution in [0.2, 0.25) is 0 Å². The molecule has 0 fully saturated rings. The molecule has 1 unspecified atom stereocenters. The summed E-state index contributed by atoms with van der Waals surface area (Å²) >= 11 is 1.63. The second-order valence-electron chi connectivity index (χ2n) is 5.15. The van der Waals surface area contributed by atoms with Gasteiger partial charge in [-0.25, -0.2) is 4.68 Å². The molecule has 0 radical (unpaired) electrons. The lowest BCUT2D eigenvalue weighted by molar-refractivity contribution is 0.628. The van der Waals surface area contributed by atoms with Crippen molar-refractivity contribution in [3.8, 4) is 5.82 Å². The highest BCUT2D eigenvalue weighted by Gasteiger charge is 2.18. The molecule has 20 heavy (non-hydrogen) atoms. The van der Waals surface area contributed by atoms with Crippen LogP contribution in [0.3, 0.4) is 0 Å². The molecule has 3 aromatic heterocycles. The van der Waals surface area contributed by atoms with Gasteiger partial charge in [-0.3, -0.25) is 4.40 Å². The molecule has 0 saturated heterocycles. The first kappa shape index (κ1) is 13.3. The van der Waals surface area contributed by atoms with Crippen molar-refractivity contribution in [2.75, 3.05) is 0 Å². The number of fused-ring (bicyclic) bond motifs is 1. The highest BCUT2D eigenvalue weighted by atomic mass is 32.1. The number of hydrogen-bond donors (Lipinski definition) is 1. The molecule has 0 aliphatic heterocycles. The van der Waals surface area contributed by atoms with Crippen molar-refractivity contribution < 1.29 is 0 Å². The first-order chi connectivity index (χ1) is 9.60. The fraction of sp³-hybridized carbons (Fsp3) is 0.429. The molecule has 0 amide bonds. The summed E-state index contributed by atoms with van der Waals surface area (Å²) in [5, 5.41) is 6.60. The van der Waals surface area contributed by atoms with E-state index in [0.29, 0.717) is 0 Å². The van der Waals surface area contributed by atoms with E-state index in [1.165, 1.54) is 0 Å². The van der Waals surface area contributed by atoms with Gasteiger partial charge in [0.15, 0.2) is 10.8 Å². The third kappa shape index (κ3) is 2.14. The molecule has 0 saturated carbocycles. The first-order valence-electron chi connectivity index (χ1n) is 6.83. The number of rotatable bonds is 4. The molecule has 1 atom stereocenters. The zero-order valence-corrected chi connectivity index (χ0v) is 12.8. The standard InChI is InChI=1S/C14H19N5S/c1-4-11(15)8-12-13(16-14-18(12)5-6-20-14)19-10(3)7-9(2)17-19/h5-7,11H,4,8,15H2,1-3H3. The molecule has 6 heteroatoms. The van der Waals surface area contributed by atoms with Crippen LogP contribution in [-0.2, 0) is 6.42 Å². The minimum Gasteiger partial charge on any atom is -0.327 e. The van der Waals surface area contributed by atoms with Gasteiger partial charge >= 0.3 is 0 Å². The Kier molecular flexibility index (Phi) is 3.35. The molecule has 3 rings (SSSR count). The quantitative estimate of drug-likeness (QED) is 0.802. The number of thiazole rings is 1. The normalized spacial score (nSPS) is 13.2. The third-order valence-corrected chi connectivity index (χ3v) is 4.29. The summed E-state index contributed by atoms with van der Waals surface area (Å²) in [5.41, 5.74) is 9.39. The van der Waals surface area contributed by atoms with Crippen LogP contribution in [0.5, 0.6) is 0 Å². The van der Waals surface area contributed by atoms with Crippen LogP contribution in [0, 0.1) is 13.8 Å². The third-order valence-electron chi connectivity index (χ3n) is 3.53. The van der Waals surface area contributed by atoms with Gasteiger partial charge in [-0.1, -0.05) is 6.92 Å². The van der Waals surface area contributed by atoms with E-state index in [1.54, 1.807) is 11.3 Å². The molecular weight excluding hydrogens is 270 g/mol. The molecule has 0 bridgehead atoms. The average molecular weight is 289 g/mol. The molecule has 0 aliphatic rings. The lowest BCUT2D eigenvalue weighted by Gasteiger charge is -2.10. The van der Waals surface area contributed by atoms with Gasteiger partial charge in [0.2, 0.25) is 0 Å². The fourth-order valence-corrected chi connectivity index (χ4v) is 3.14. The molecule has 0 spiro atoms. The SMILES string of the molecule is CCC(N)Cc1c(-n2nc(C)cc2C)nc2sccn12. The van der Waals surface area contributed by atoms with Gasteiger partial charge in [0.25, 0.3) is 0 Å². The number of aryl methyl sites for hydroxylation is 2. The first-order valence-corrected chi connectivity index (χ1v) is 7.71. The Bertz CT molecular complexity index is 736. The topological polar surface area (TPSA) is 61.1 Å². The van der Waals surface area contributed by atoms with Crippen molar-refractivity contribution in [2.24, 2.45) is 5.73 Å². The monoisotopic (exact) mass is 289 g/mol. The maximum Gasteiger partial charge on any atom is 0.195 e.